The van der Waals surface area contributed by atoms with Gasteiger partial charge in [0.15, 0.2) is 17.6 Å². The van der Waals surface area contributed by atoms with Crippen LogP contribution in [0.25, 0.3) is 0 Å². The molecule has 27 heavy (non-hydrogen) atoms. The Bertz CT molecular complexity index is 625. The summed E-state index contributed by atoms with van der Waals surface area (Å²) in [6.07, 6.45) is -0.484. The van der Waals surface area contributed by atoms with E-state index in [9.17, 15) is 13.6 Å². The zero-order chi connectivity index (χ0) is 19.6. The molecule has 0 saturated carbocycles. The lowest BCUT2D eigenvalue weighted by Crippen LogP contribution is -2.43. The normalized spacial score (nSPS) is 11.3. The van der Waals surface area contributed by atoms with E-state index >= 15 is 0 Å². The number of carbonyl (C=O) groups is 1. The number of amides is 1. The van der Waals surface area contributed by atoms with Gasteiger partial charge in [0, 0.05) is 26.2 Å². The van der Waals surface area contributed by atoms with E-state index in [-0.39, 0.29) is 36.3 Å². The first-order valence-electron chi connectivity index (χ1n) is 8.20. The molecule has 0 saturated heterocycles. The maximum Gasteiger partial charge on any atom is 0.407 e. The second-order valence-electron chi connectivity index (χ2n) is 6.28. The fourth-order valence-corrected chi connectivity index (χ4v) is 1.79. The molecule has 0 heterocycles. The summed E-state index contributed by atoms with van der Waals surface area (Å²) in [5.41, 5.74) is -0.539. The number of carbonyl (C=O) groups excluding carboxylic acids is 1. The molecule has 1 rings (SSSR count). The molecule has 0 aliphatic carbocycles. The van der Waals surface area contributed by atoms with E-state index in [1.807, 2.05) is 0 Å². The first-order chi connectivity index (χ1) is 12.2. The Morgan fingerprint density at radius 2 is 1.70 bits per heavy atom. The highest BCUT2D eigenvalue weighted by atomic mass is 127. The van der Waals surface area contributed by atoms with Crippen molar-refractivity contribution in [3.05, 3.63) is 29.8 Å². The second-order valence-corrected chi connectivity index (χ2v) is 6.28. The van der Waals surface area contributed by atoms with Gasteiger partial charge >= 0.3 is 6.09 Å². The van der Waals surface area contributed by atoms with Crippen molar-refractivity contribution >= 4 is 36.0 Å². The first-order valence-corrected chi connectivity index (χ1v) is 8.20. The summed E-state index contributed by atoms with van der Waals surface area (Å²) in [5, 5.41) is 8.62. The van der Waals surface area contributed by atoms with Gasteiger partial charge in [0.2, 0.25) is 0 Å². The quantitative estimate of drug-likeness (QED) is 0.232. The Kier molecular flexibility index (Phi) is 11.7. The molecule has 0 aliphatic heterocycles. The van der Waals surface area contributed by atoms with Crippen molar-refractivity contribution in [2.75, 3.05) is 33.3 Å². The summed E-state index contributed by atoms with van der Waals surface area (Å²) in [5.74, 6) is -1.11. The van der Waals surface area contributed by atoms with Crippen LogP contribution in [0.3, 0.4) is 0 Å². The number of hydrogen-bond donors (Lipinski definition) is 3. The Hall–Kier alpha value is -1.85. The highest BCUT2D eigenvalue weighted by Crippen LogP contribution is 2.14. The molecule has 7 nitrogen and oxygen atoms in total. The van der Waals surface area contributed by atoms with E-state index in [2.05, 4.69) is 20.9 Å². The number of aliphatic imine (C=N–C) groups is 1. The third kappa shape index (κ3) is 11.5. The molecular formula is C17H27F2IN4O3. The van der Waals surface area contributed by atoms with E-state index in [0.29, 0.717) is 25.6 Å². The van der Waals surface area contributed by atoms with E-state index in [4.69, 9.17) is 9.47 Å². The fraction of sp³-hybridized carbons (Fsp3) is 0.529. The lowest BCUT2D eigenvalue weighted by molar-refractivity contribution is 0.0529. The number of nitrogens with one attached hydrogen (secondary N) is 3. The number of hydrogen-bond acceptors (Lipinski definition) is 4. The van der Waals surface area contributed by atoms with Crippen LogP contribution in [0.2, 0.25) is 0 Å². The largest absolute Gasteiger partial charge is 0.492 e. The van der Waals surface area contributed by atoms with Crippen molar-refractivity contribution in [3.63, 3.8) is 0 Å². The summed E-state index contributed by atoms with van der Waals surface area (Å²) < 4.78 is 36.3. The van der Waals surface area contributed by atoms with Crippen LogP contribution < -0.4 is 20.7 Å². The Labute approximate surface area is 175 Å². The zero-order valence-corrected chi connectivity index (χ0v) is 18.2. The number of ether oxygens (including phenoxy) is 2. The van der Waals surface area contributed by atoms with Crippen LogP contribution in [0, 0.1) is 11.6 Å². The zero-order valence-electron chi connectivity index (χ0n) is 15.9. The molecule has 154 valence electrons. The Balaban J connectivity index is 0.00000676. The van der Waals surface area contributed by atoms with E-state index < -0.39 is 23.3 Å². The maximum atomic E-state index is 13.1. The average Bonchev–Trinajstić information content (AvgIpc) is 2.55. The number of rotatable bonds is 7. The highest BCUT2D eigenvalue weighted by Gasteiger charge is 2.15. The summed E-state index contributed by atoms with van der Waals surface area (Å²) in [6.45, 7) is 6.82. The number of alkyl carbamates (subject to hydrolysis) is 1. The SMILES string of the molecule is CN=C(NCCNC(=O)OC(C)(C)C)NCCOc1ccc(F)c(F)c1.I. The molecule has 0 aromatic heterocycles. The van der Waals surface area contributed by atoms with Crippen LogP contribution >= 0.6 is 24.0 Å². The van der Waals surface area contributed by atoms with Gasteiger partial charge in [-0.25, -0.2) is 13.6 Å². The van der Waals surface area contributed by atoms with Crippen LogP contribution in [-0.4, -0.2) is 50.9 Å². The molecule has 1 aromatic rings. The maximum absolute atomic E-state index is 13.1. The van der Waals surface area contributed by atoms with Gasteiger partial charge in [-0.3, -0.25) is 4.99 Å². The standard InChI is InChI=1S/C17H26F2N4O3.HI/c1-17(2,3)26-16(24)23-8-7-21-15(20-4)22-9-10-25-12-5-6-13(18)14(19)11-12;/h5-6,11H,7-10H2,1-4H3,(H,23,24)(H2,20,21,22);1H. The molecule has 1 aromatic carbocycles. The molecule has 0 fully saturated rings. The van der Waals surface area contributed by atoms with Crippen LogP contribution in [-0.2, 0) is 4.74 Å². The molecule has 0 atom stereocenters. The third-order valence-corrected chi connectivity index (χ3v) is 2.86. The van der Waals surface area contributed by atoms with Crippen molar-refractivity contribution in [3.8, 4) is 5.75 Å². The van der Waals surface area contributed by atoms with E-state index in [1.165, 1.54) is 6.07 Å². The van der Waals surface area contributed by atoms with Gasteiger partial charge in [-0.2, -0.15) is 0 Å². The number of halogens is 3. The second kappa shape index (κ2) is 12.5. The van der Waals surface area contributed by atoms with Gasteiger partial charge in [-0.05, 0) is 32.9 Å². The van der Waals surface area contributed by atoms with Gasteiger partial charge in [-0.15, -0.1) is 24.0 Å². The molecule has 0 radical (unpaired) electrons. The number of guanidine groups is 1. The molecule has 0 aliphatic rings. The molecule has 10 heteroatoms. The smallest absolute Gasteiger partial charge is 0.407 e. The molecule has 1 amide bonds. The predicted octanol–water partition coefficient (Wildman–Crippen LogP) is 2.65. The van der Waals surface area contributed by atoms with Gasteiger partial charge in [-0.1, -0.05) is 0 Å². The molecule has 0 bridgehead atoms. The van der Waals surface area contributed by atoms with Crippen molar-refractivity contribution in [2.45, 2.75) is 26.4 Å². The molecular weight excluding hydrogens is 473 g/mol. The van der Waals surface area contributed by atoms with Crippen LogP contribution in [0.4, 0.5) is 13.6 Å². The van der Waals surface area contributed by atoms with Crippen molar-refractivity contribution in [1.82, 2.24) is 16.0 Å². The fourth-order valence-electron chi connectivity index (χ4n) is 1.79. The summed E-state index contributed by atoms with van der Waals surface area (Å²) >= 11 is 0. The van der Waals surface area contributed by atoms with Crippen molar-refractivity contribution < 1.29 is 23.0 Å². The summed E-state index contributed by atoms with van der Waals surface area (Å²) in [6, 6.07) is 3.36. The molecule has 0 unspecified atom stereocenters. The van der Waals surface area contributed by atoms with Crippen molar-refractivity contribution in [2.24, 2.45) is 4.99 Å². The summed E-state index contributed by atoms with van der Waals surface area (Å²) in [4.78, 5) is 15.5. The van der Waals surface area contributed by atoms with Gasteiger partial charge in [0.25, 0.3) is 0 Å². The Morgan fingerprint density at radius 3 is 2.30 bits per heavy atom. The molecule has 3 N–H and O–H groups in total. The minimum atomic E-state index is -0.953. The lowest BCUT2D eigenvalue weighted by Gasteiger charge is -2.19. The van der Waals surface area contributed by atoms with Gasteiger partial charge in [0.1, 0.15) is 18.0 Å². The van der Waals surface area contributed by atoms with Crippen LogP contribution in [0.1, 0.15) is 20.8 Å². The first kappa shape index (κ1) is 25.2. The van der Waals surface area contributed by atoms with Gasteiger partial charge < -0.3 is 25.4 Å². The minimum Gasteiger partial charge on any atom is -0.492 e. The minimum absolute atomic E-state index is 0. The number of nitrogens with zero attached hydrogens (tertiary/aromatic N) is 1. The van der Waals surface area contributed by atoms with Crippen molar-refractivity contribution in [1.29, 1.82) is 0 Å². The van der Waals surface area contributed by atoms with Crippen LogP contribution in [0.15, 0.2) is 23.2 Å². The predicted molar refractivity (Wildman–Crippen MR) is 111 cm³/mol. The monoisotopic (exact) mass is 500 g/mol. The van der Waals surface area contributed by atoms with Gasteiger partial charge in [0.05, 0.1) is 6.54 Å². The lowest BCUT2D eigenvalue weighted by atomic mass is 10.2. The molecule has 0 spiro atoms. The van der Waals surface area contributed by atoms with Crippen LogP contribution in [0.5, 0.6) is 5.75 Å². The van der Waals surface area contributed by atoms with E-state index in [1.54, 1.807) is 27.8 Å². The van der Waals surface area contributed by atoms with E-state index in [0.717, 1.165) is 12.1 Å². The number of benzene rings is 1. The highest BCUT2D eigenvalue weighted by molar-refractivity contribution is 14.0. The third-order valence-electron chi connectivity index (χ3n) is 2.86. The topological polar surface area (TPSA) is 84.0 Å². The summed E-state index contributed by atoms with van der Waals surface area (Å²) in [7, 11) is 1.60. The average molecular weight is 500 g/mol. The Morgan fingerprint density at radius 1 is 1.07 bits per heavy atom.